The minimum Gasteiger partial charge on any atom is -0.465 e. The lowest BCUT2D eigenvalue weighted by molar-refractivity contribution is 0.0600. The summed E-state index contributed by atoms with van der Waals surface area (Å²) in [7, 11) is 1.33. The highest BCUT2D eigenvalue weighted by Crippen LogP contribution is 2.30. The molecule has 0 spiro atoms. The van der Waals surface area contributed by atoms with Gasteiger partial charge in [0.05, 0.1) is 24.1 Å². The number of benzene rings is 2. The van der Waals surface area contributed by atoms with Gasteiger partial charge in [-0.2, -0.15) is 10.2 Å². The van der Waals surface area contributed by atoms with E-state index < -0.39 is 5.97 Å². The van der Waals surface area contributed by atoms with Crippen LogP contribution in [0.4, 0.5) is 0 Å². The Morgan fingerprint density at radius 2 is 1.73 bits per heavy atom. The first-order chi connectivity index (χ1) is 15.9. The molecule has 0 saturated carbocycles. The van der Waals surface area contributed by atoms with Crippen LogP contribution in [0.15, 0.2) is 71.7 Å². The van der Waals surface area contributed by atoms with Crippen molar-refractivity contribution in [3.8, 4) is 22.8 Å². The fourth-order valence-electron chi connectivity index (χ4n) is 3.40. The molecule has 4 rings (SSSR count). The van der Waals surface area contributed by atoms with Gasteiger partial charge >= 0.3 is 5.97 Å². The number of esters is 1. The summed E-state index contributed by atoms with van der Waals surface area (Å²) in [6.07, 6.45) is 2.02. The molecule has 0 unspecified atom stereocenters. The van der Waals surface area contributed by atoms with Crippen molar-refractivity contribution in [2.24, 2.45) is 0 Å². The van der Waals surface area contributed by atoms with Gasteiger partial charge in [0.15, 0.2) is 0 Å². The van der Waals surface area contributed by atoms with Gasteiger partial charge in [0.1, 0.15) is 11.5 Å². The number of ether oxygens (including phenoxy) is 2. The van der Waals surface area contributed by atoms with Gasteiger partial charge < -0.3 is 14.5 Å². The normalized spacial score (nSPS) is 10.6. The minimum atomic E-state index is -0.465. The van der Waals surface area contributed by atoms with E-state index in [0.29, 0.717) is 29.0 Å². The van der Waals surface area contributed by atoms with Crippen molar-refractivity contribution < 1.29 is 14.3 Å². The maximum Gasteiger partial charge on any atom is 0.337 e. The van der Waals surface area contributed by atoms with Crippen molar-refractivity contribution in [3.63, 3.8) is 0 Å². The molecule has 0 amide bonds. The maximum atomic E-state index is 12.3. The molecule has 0 aliphatic heterocycles. The Morgan fingerprint density at radius 1 is 0.939 bits per heavy atom. The molecule has 0 aliphatic carbocycles. The van der Waals surface area contributed by atoms with E-state index in [1.54, 1.807) is 24.4 Å². The molecule has 0 bridgehead atoms. The van der Waals surface area contributed by atoms with Crippen LogP contribution in [0.25, 0.3) is 11.3 Å². The lowest BCUT2D eigenvalue weighted by Crippen LogP contribution is -2.13. The van der Waals surface area contributed by atoms with E-state index in [2.05, 4.69) is 15.2 Å². The van der Waals surface area contributed by atoms with Crippen LogP contribution in [0.3, 0.4) is 0 Å². The summed E-state index contributed by atoms with van der Waals surface area (Å²) in [4.78, 5) is 27.1. The molecule has 2 aromatic heterocycles. The van der Waals surface area contributed by atoms with Crippen LogP contribution in [0.2, 0.25) is 0 Å². The first kappa shape index (κ1) is 22.0. The smallest absolute Gasteiger partial charge is 0.337 e. The summed E-state index contributed by atoms with van der Waals surface area (Å²) >= 11 is 0. The zero-order valence-corrected chi connectivity index (χ0v) is 18.6. The zero-order chi connectivity index (χ0) is 23.4. The van der Waals surface area contributed by atoms with E-state index in [1.807, 2.05) is 56.3 Å². The standard InChI is InChI=1S/C26H23N3O4/c1-16-12-21(25(30)27-15-16)13-19-5-6-20(26(31)32-3)14-24(19)33-22-9-7-18(8-10-22)23-11-4-17(2)28-29-23/h4-12,14-15H,13H2,1-3H3,(H,27,30). The minimum absolute atomic E-state index is 0.160. The number of hydrogen-bond donors (Lipinski definition) is 1. The Labute approximate surface area is 191 Å². The van der Waals surface area contributed by atoms with Crippen molar-refractivity contribution >= 4 is 5.97 Å². The molecule has 7 nitrogen and oxygen atoms in total. The highest BCUT2D eigenvalue weighted by Gasteiger charge is 2.14. The second kappa shape index (κ2) is 9.48. The molecule has 0 fully saturated rings. The van der Waals surface area contributed by atoms with Gasteiger partial charge in [0, 0.05) is 23.7 Å². The van der Waals surface area contributed by atoms with Crippen molar-refractivity contribution in [3.05, 3.63) is 105 Å². The number of aromatic nitrogens is 3. The van der Waals surface area contributed by atoms with Gasteiger partial charge in [-0.3, -0.25) is 4.79 Å². The molecule has 0 atom stereocenters. The Morgan fingerprint density at radius 3 is 2.42 bits per heavy atom. The highest BCUT2D eigenvalue weighted by atomic mass is 16.5. The van der Waals surface area contributed by atoms with Crippen LogP contribution in [-0.2, 0) is 11.2 Å². The van der Waals surface area contributed by atoms with Gasteiger partial charge in [0.2, 0.25) is 0 Å². The number of pyridine rings is 1. The SMILES string of the molecule is COC(=O)c1ccc(Cc2cc(C)c[nH]c2=O)c(Oc2ccc(-c3ccc(C)nn3)cc2)c1. The Kier molecular flexibility index (Phi) is 6.31. The van der Waals surface area contributed by atoms with E-state index in [1.165, 1.54) is 7.11 Å². The maximum absolute atomic E-state index is 12.3. The van der Waals surface area contributed by atoms with Crippen LogP contribution in [-0.4, -0.2) is 28.3 Å². The van der Waals surface area contributed by atoms with Crippen molar-refractivity contribution in [2.45, 2.75) is 20.3 Å². The average molecular weight is 441 g/mol. The second-order valence-corrected chi connectivity index (χ2v) is 7.71. The van der Waals surface area contributed by atoms with E-state index in [4.69, 9.17) is 9.47 Å². The lowest BCUT2D eigenvalue weighted by atomic mass is 10.0. The third-order valence-corrected chi connectivity index (χ3v) is 5.17. The summed E-state index contributed by atoms with van der Waals surface area (Å²) < 4.78 is 11.0. The highest BCUT2D eigenvalue weighted by molar-refractivity contribution is 5.90. The largest absolute Gasteiger partial charge is 0.465 e. The van der Waals surface area contributed by atoms with Crippen LogP contribution in [0.1, 0.15) is 32.7 Å². The van der Waals surface area contributed by atoms with Gasteiger partial charge in [0.25, 0.3) is 5.56 Å². The van der Waals surface area contributed by atoms with Crippen molar-refractivity contribution in [2.75, 3.05) is 7.11 Å². The first-order valence-electron chi connectivity index (χ1n) is 10.4. The number of aryl methyl sites for hydroxylation is 2. The third kappa shape index (κ3) is 5.15. The summed E-state index contributed by atoms with van der Waals surface area (Å²) in [6.45, 7) is 3.80. The zero-order valence-electron chi connectivity index (χ0n) is 18.6. The first-order valence-corrected chi connectivity index (χ1v) is 10.4. The number of H-pyrrole nitrogens is 1. The van der Waals surface area contributed by atoms with Crippen molar-refractivity contribution in [1.29, 1.82) is 0 Å². The Hall–Kier alpha value is -4.26. The number of hydrogen-bond acceptors (Lipinski definition) is 6. The molecule has 33 heavy (non-hydrogen) atoms. The fraction of sp³-hybridized carbons (Fsp3) is 0.154. The molecule has 0 radical (unpaired) electrons. The molecular formula is C26H23N3O4. The Balaban J connectivity index is 1.65. The molecular weight excluding hydrogens is 418 g/mol. The molecule has 166 valence electrons. The average Bonchev–Trinajstić information content (AvgIpc) is 2.83. The summed E-state index contributed by atoms with van der Waals surface area (Å²) in [5, 5.41) is 8.30. The van der Waals surface area contributed by atoms with Gasteiger partial charge in [-0.15, -0.1) is 0 Å². The van der Waals surface area contributed by atoms with Gasteiger partial charge in [-0.25, -0.2) is 4.79 Å². The summed E-state index contributed by atoms with van der Waals surface area (Å²) in [5.41, 5.74) is 5.06. The number of carbonyl (C=O) groups is 1. The quantitative estimate of drug-likeness (QED) is 0.439. The van der Waals surface area contributed by atoms with E-state index in [9.17, 15) is 9.59 Å². The number of methoxy groups -OCH3 is 1. The molecule has 2 heterocycles. The van der Waals surface area contributed by atoms with Gasteiger partial charge in [-0.05, 0) is 79.6 Å². The number of nitrogens with one attached hydrogen (secondary N) is 1. The predicted molar refractivity (Wildman–Crippen MR) is 125 cm³/mol. The molecule has 1 N–H and O–H groups in total. The number of aromatic amines is 1. The van der Waals surface area contributed by atoms with Crippen LogP contribution in [0, 0.1) is 13.8 Å². The second-order valence-electron chi connectivity index (χ2n) is 7.71. The van der Waals surface area contributed by atoms with Crippen molar-refractivity contribution in [1.82, 2.24) is 15.2 Å². The predicted octanol–water partition coefficient (Wildman–Crippen LogP) is 4.62. The lowest BCUT2D eigenvalue weighted by Gasteiger charge is -2.13. The fourth-order valence-corrected chi connectivity index (χ4v) is 3.40. The van der Waals surface area contributed by atoms with Crippen LogP contribution in [0.5, 0.6) is 11.5 Å². The van der Waals surface area contributed by atoms with E-state index in [0.717, 1.165) is 28.1 Å². The number of rotatable bonds is 6. The number of nitrogens with zero attached hydrogens (tertiary/aromatic N) is 2. The van der Waals surface area contributed by atoms with Crippen LogP contribution < -0.4 is 10.3 Å². The molecule has 2 aromatic carbocycles. The van der Waals surface area contributed by atoms with E-state index >= 15 is 0 Å². The van der Waals surface area contributed by atoms with E-state index in [-0.39, 0.29) is 5.56 Å². The third-order valence-electron chi connectivity index (χ3n) is 5.17. The summed E-state index contributed by atoms with van der Waals surface area (Å²) in [5.74, 6) is 0.593. The monoisotopic (exact) mass is 441 g/mol. The molecule has 0 aliphatic rings. The molecule has 7 heteroatoms. The molecule has 4 aromatic rings. The van der Waals surface area contributed by atoms with Gasteiger partial charge in [-0.1, -0.05) is 6.07 Å². The Bertz CT molecular complexity index is 1340. The molecule has 0 saturated heterocycles. The van der Waals surface area contributed by atoms with Crippen LogP contribution >= 0.6 is 0 Å². The summed E-state index contributed by atoms with van der Waals surface area (Å²) in [6, 6.07) is 18.2. The topological polar surface area (TPSA) is 94.2 Å². The number of carbonyl (C=O) groups excluding carboxylic acids is 1.